The molecule has 6 nitrogen and oxygen atoms in total. The molecule has 1 saturated carbocycles. The van der Waals surface area contributed by atoms with Gasteiger partial charge in [-0.05, 0) is 37.8 Å². The number of carbonyl (C=O) groups is 2. The molecular weight excluding hydrogens is 236 g/mol. The van der Waals surface area contributed by atoms with Crippen molar-refractivity contribution in [3.05, 3.63) is 23.7 Å². The van der Waals surface area contributed by atoms with E-state index in [9.17, 15) is 9.59 Å². The molecule has 0 aliphatic heterocycles. The van der Waals surface area contributed by atoms with Gasteiger partial charge in [0.1, 0.15) is 5.76 Å². The molecule has 2 rings (SSSR count). The fourth-order valence-corrected chi connectivity index (χ4v) is 1.81. The van der Waals surface area contributed by atoms with Crippen molar-refractivity contribution in [1.29, 1.82) is 0 Å². The molecule has 1 unspecified atom stereocenters. The van der Waals surface area contributed by atoms with Crippen molar-refractivity contribution in [3.63, 3.8) is 0 Å². The minimum atomic E-state index is -1.13. The number of rotatable bonds is 5. The number of hydrogen-bond donors (Lipinski definition) is 3. The highest BCUT2D eigenvalue weighted by atomic mass is 16.4. The maximum Gasteiger partial charge on any atom is 0.371 e. The van der Waals surface area contributed by atoms with Crippen LogP contribution in [0.2, 0.25) is 0 Å². The van der Waals surface area contributed by atoms with Gasteiger partial charge >= 0.3 is 5.97 Å². The van der Waals surface area contributed by atoms with Gasteiger partial charge in [0.15, 0.2) is 0 Å². The van der Waals surface area contributed by atoms with E-state index in [2.05, 4.69) is 5.32 Å². The second-order valence-corrected chi connectivity index (χ2v) is 4.81. The van der Waals surface area contributed by atoms with E-state index in [0.717, 1.165) is 12.8 Å². The number of carboxylic acid groups (broad SMARTS) is 1. The Morgan fingerprint density at radius 2 is 2.22 bits per heavy atom. The van der Waals surface area contributed by atoms with Crippen LogP contribution in [0.1, 0.15) is 36.1 Å². The first-order valence-electron chi connectivity index (χ1n) is 5.80. The number of nitrogens with one attached hydrogen (secondary N) is 1. The lowest BCUT2D eigenvalue weighted by Crippen LogP contribution is -2.53. The normalized spacial score (nSPS) is 18.1. The molecule has 98 valence electrons. The number of hydrogen-bond acceptors (Lipinski definition) is 4. The molecule has 0 spiro atoms. The SMILES string of the molecule is CC(N)(C(=O)NCc1ccc(C(=O)O)o1)C1CC1. The van der Waals surface area contributed by atoms with E-state index in [1.54, 1.807) is 6.92 Å². The minimum Gasteiger partial charge on any atom is -0.475 e. The van der Waals surface area contributed by atoms with Crippen LogP contribution in [0.3, 0.4) is 0 Å². The monoisotopic (exact) mass is 252 g/mol. The highest BCUT2D eigenvalue weighted by Crippen LogP contribution is 2.38. The maximum absolute atomic E-state index is 11.9. The highest BCUT2D eigenvalue weighted by molar-refractivity contribution is 5.86. The van der Waals surface area contributed by atoms with Crippen LogP contribution in [0.5, 0.6) is 0 Å². The standard InChI is InChI=1S/C12H16N2O4/c1-12(13,7-2-3-7)11(17)14-6-8-4-5-9(18-8)10(15)16/h4-5,7H,2-3,6,13H2,1H3,(H,14,17)(H,15,16). The summed E-state index contributed by atoms with van der Waals surface area (Å²) in [5.41, 5.74) is 5.09. The molecule has 18 heavy (non-hydrogen) atoms. The van der Waals surface area contributed by atoms with E-state index in [-0.39, 0.29) is 24.1 Å². The lowest BCUT2D eigenvalue weighted by Gasteiger charge is -2.22. The number of carboxylic acids is 1. The first-order chi connectivity index (χ1) is 8.41. The molecule has 1 atom stereocenters. The Morgan fingerprint density at radius 1 is 1.56 bits per heavy atom. The van der Waals surface area contributed by atoms with Crippen LogP contribution < -0.4 is 11.1 Å². The Bertz CT molecular complexity index is 474. The molecule has 4 N–H and O–H groups in total. The number of nitrogens with two attached hydrogens (primary N) is 1. The fraction of sp³-hybridized carbons (Fsp3) is 0.500. The van der Waals surface area contributed by atoms with Crippen molar-refractivity contribution < 1.29 is 19.1 Å². The van der Waals surface area contributed by atoms with E-state index < -0.39 is 11.5 Å². The average Bonchev–Trinajstić information content (AvgIpc) is 3.06. The Labute approximate surface area is 104 Å². The van der Waals surface area contributed by atoms with E-state index >= 15 is 0 Å². The Kier molecular flexibility index (Phi) is 3.13. The molecule has 1 amide bonds. The minimum absolute atomic E-state index is 0.142. The summed E-state index contributed by atoms with van der Waals surface area (Å²) in [5, 5.41) is 11.3. The van der Waals surface area contributed by atoms with Gasteiger partial charge in [0.05, 0.1) is 12.1 Å². The topological polar surface area (TPSA) is 106 Å². The van der Waals surface area contributed by atoms with Crippen LogP contribution in [0.15, 0.2) is 16.5 Å². The number of amides is 1. The van der Waals surface area contributed by atoms with Crippen molar-refractivity contribution in [2.24, 2.45) is 11.7 Å². The summed E-state index contributed by atoms with van der Waals surface area (Å²) >= 11 is 0. The molecule has 1 aromatic rings. The van der Waals surface area contributed by atoms with Gasteiger partial charge in [-0.1, -0.05) is 0 Å². The molecule has 1 aliphatic carbocycles. The van der Waals surface area contributed by atoms with Gasteiger partial charge in [-0.25, -0.2) is 4.79 Å². The Hall–Kier alpha value is -1.82. The molecule has 0 aromatic carbocycles. The van der Waals surface area contributed by atoms with Crippen molar-refractivity contribution in [1.82, 2.24) is 5.32 Å². The van der Waals surface area contributed by atoms with Crippen LogP contribution in [0.4, 0.5) is 0 Å². The Morgan fingerprint density at radius 3 is 2.72 bits per heavy atom. The van der Waals surface area contributed by atoms with Crippen LogP contribution in [0.25, 0.3) is 0 Å². The average molecular weight is 252 g/mol. The van der Waals surface area contributed by atoms with Crippen molar-refractivity contribution in [2.45, 2.75) is 31.8 Å². The molecular formula is C12H16N2O4. The summed E-state index contributed by atoms with van der Waals surface area (Å²) in [6.07, 6.45) is 1.95. The van der Waals surface area contributed by atoms with Crippen molar-refractivity contribution in [2.75, 3.05) is 0 Å². The Balaban J connectivity index is 1.90. The van der Waals surface area contributed by atoms with Crippen molar-refractivity contribution >= 4 is 11.9 Å². The summed E-state index contributed by atoms with van der Waals surface area (Å²) in [5.74, 6) is -0.875. The lowest BCUT2D eigenvalue weighted by molar-refractivity contribution is -0.126. The first-order valence-corrected chi connectivity index (χ1v) is 5.80. The van der Waals surface area contributed by atoms with Gasteiger partial charge in [-0.15, -0.1) is 0 Å². The third kappa shape index (κ3) is 2.53. The van der Waals surface area contributed by atoms with Crippen LogP contribution in [0, 0.1) is 5.92 Å². The molecule has 1 aromatic heterocycles. The third-order valence-electron chi connectivity index (χ3n) is 3.21. The lowest BCUT2D eigenvalue weighted by atomic mass is 9.96. The smallest absolute Gasteiger partial charge is 0.371 e. The van der Waals surface area contributed by atoms with Crippen LogP contribution in [-0.4, -0.2) is 22.5 Å². The third-order valence-corrected chi connectivity index (χ3v) is 3.21. The summed E-state index contributed by atoms with van der Waals surface area (Å²) in [6.45, 7) is 1.86. The maximum atomic E-state index is 11.9. The fourth-order valence-electron chi connectivity index (χ4n) is 1.81. The van der Waals surface area contributed by atoms with Gasteiger partial charge in [-0.2, -0.15) is 0 Å². The quantitative estimate of drug-likeness (QED) is 0.716. The van der Waals surface area contributed by atoms with Gasteiger partial charge in [0.25, 0.3) is 0 Å². The van der Waals surface area contributed by atoms with Gasteiger partial charge in [0.2, 0.25) is 11.7 Å². The number of carbonyl (C=O) groups excluding carboxylic acids is 1. The zero-order valence-electron chi connectivity index (χ0n) is 10.1. The molecule has 1 aliphatic rings. The van der Waals surface area contributed by atoms with Crippen LogP contribution in [-0.2, 0) is 11.3 Å². The summed E-state index contributed by atoms with van der Waals surface area (Å²) in [6, 6.07) is 2.88. The second kappa shape index (κ2) is 4.45. The van der Waals surface area contributed by atoms with Gasteiger partial charge in [0, 0.05) is 0 Å². The van der Waals surface area contributed by atoms with Crippen LogP contribution >= 0.6 is 0 Å². The van der Waals surface area contributed by atoms with E-state index in [1.807, 2.05) is 0 Å². The summed E-state index contributed by atoms with van der Waals surface area (Å²) in [7, 11) is 0. The van der Waals surface area contributed by atoms with Crippen molar-refractivity contribution in [3.8, 4) is 0 Å². The van der Waals surface area contributed by atoms with Gasteiger partial charge < -0.3 is 20.6 Å². The molecule has 0 bridgehead atoms. The molecule has 1 fully saturated rings. The summed E-state index contributed by atoms with van der Waals surface area (Å²) < 4.78 is 5.03. The number of furan rings is 1. The molecule has 6 heteroatoms. The predicted molar refractivity (Wildman–Crippen MR) is 62.8 cm³/mol. The van der Waals surface area contributed by atoms with E-state index in [1.165, 1.54) is 12.1 Å². The van der Waals surface area contributed by atoms with E-state index in [4.69, 9.17) is 15.3 Å². The highest BCUT2D eigenvalue weighted by Gasteiger charge is 2.43. The molecule has 1 heterocycles. The first kappa shape index (κ1) is 12.6. The summed E-state index contributed by atoms with van der Waals surface area (Å²) in [4.78, 5) is 22.5. The number of aromatic carboxylic acids is 1. The van der Waals surface area contributed by atoms with E-state index in [0.29, 0.717) is 5.76 Å². The van der Waals surface area contributed by atoms with Gasteiger partial charge in [-0.3, -0.25) is 4.79 Å². The molecule has 0 saturated heterocycles. The zero-order chi connectivity index (χ0) is 13.3. The predicted octanol–water partition coefficient (Wildman–Crippen LogP) is 0.721. The second-order valence-electron chi connectivity index (χ2n) is 4.81. The molecule has 0 radical (unpaired) electrons. The largest absolute Gasteiger partial charge is 0.475 e. The zero-order valence-corrected chi connectivity index (χ0v) is 10.1.